The summed E-state index contributed by atoms with van der Waals surface area (Å²) < 4.78 is 34.3. The number of benzene rings is 1. The first kappa shape index (κ1) is 14.2. The molecule has 0 saturated heterocycles. The number of nitrogens with zero attached hydrogens (tertiary/aromatic N) is 5. The highest BCUT2D eigenvalue weighted by atomic mass is 19.1. The lowest BCUT2D eigenvalue weighted by molar-refractivity contribution is 0.454. The molecule has 0 spiro atoms. The normalized spacial score (nSPS) is 11.2. The zero-order chi connectivity index (χ0) is 16.7. The average molecular weight is 329 g/mol. The van der Waals surface area contributed by atoms with E-state index in [0.717, 1.165) is 12.1 Å². The highest BCUT2D eigenvalue weighted by Gasteiger charge is 2.18. The topological polar surface area (TPSA) is 89.9 Å². The van der Waals surface area contributed by atoms with Crippen LogP contribution >= 0.6 is 0 Å². The van der Waals surface area contributed by atoms with E-state index in [-0.39, 0.29) is 12.1 Å². The summed E-state index contributed by atoms with van der Waals surface area (Å²) in [5, 5.41) is 17.1. The van der Waals surface area contributed by atoms with Crippen LogP contribution in [0.2, 0.25) is 0 Å². The van der Waals surface area contributed by atoms with Gasteiger partial charge in [-0.25, -0.2) is 23.4 Å². The Balaban J connectivity index is 1.81. The fourth-order valence-corrected chi connectivity index (χ4v) is 2.38. The van der Waals surface area contributed by atoms with E-state index < -0.39 is 17.4 Å². The molecule has 0 unspecified atom stereocenters. The van der Waals surface area contributed by atoms with Gasteiger partial charge < -0.3 is 9.52 Å². The summed E-state index contributed by atoms with van der Waals surface area (Å²) in [5.41, 5.74) is 0.844. The quantitative estimate of drug-likeness (QED) is 0.621. The summed E-state index contributed by atoms with van der Waals surface area (Å²) in [6.07, 6.45) is 2.79. The molecule has 0 saturated carbocycles. The molecule has 0 radical (unpaired) electrons. The molecule has 3 aromatic heterocycles. The van der Waals surface area contributed by atoms with Gasteiger partial charge in [-0.05, 0) is 12.1 Å². The van der Waals surface area contributed by atoms with E-state index in [1.54, 1.807) is 12.1 Å². The molecule has 0 aliphatic heterocycles. The van der Waals surface area contributed by atoms with Crippen LogP contribution < -0.4 is 0 Å². The Morgan fingerprint density at radius 1 is 1.17 bits per heavy atom. The van der Waals surface area contributed by atoms with Crippen molar-refractivity contribution < 1.29 is 18.3 Å². The number of hydrogen-bond acceptors (Lipinski definition) is 6. The van der Waals surface area contributed by atoms with Crippen molar-refractivity contribution in [2.24, 2.45) is 0 Å². The minimum absolute atomic E-state index is 0.233. The Morgan fingerprint density at radius 3 is 2.67 bits per heavy atom. The number of aromatic nitrogens is 5. The molecule has 4 aromatic rings. The highest BCUT2D eigenvalue weighted by molar-refractivity contribution is 5.84. The van der Waals surface area contributed by atoms with E-state index in [4.69, 9.17) is 4.42 Å². The van der Waals surface area contributed by atoms with Crippen LogP contribution in [0.3, 0.4) is 0 Å². The van der Waals surface area contributed by atoms with Gasteiger partial charge in [0.15, 0.2) is 16.9 Å². The van der Waals surface area contributed by atoms with Crippen molar-refractivity contribution >= 4 is 11.2 Å². The molecule has 120 valence electrons. The maximum Gasteiger partial charge on any atom is 0.182 e. The highest BCUT2D eigenvalue weighted by Crippen LogP contribution is 2.25. The van der Waals surface area contributed by atoms with Crippen LogP contribution in [0, 0.1) is 11.6 Å². The van der Waals surface area contributed by atoms with Crippen LogP contribution in [0.1, 0.15) is 5.56 Å². The second kappa shape index (κ2) is 5.37. The Kier molecular flexibility index (Phi) is 3.19. The van der Waals surface area contributed by atoms with Crippen LogP contribution in [-0.2, 0) is 6.54 Å². The van der Waals surface area contributed by atoms with Crippen molar-refractivity contribution in [2.45, 2.75) is 6.54 Å². The van der Waals surface area contributed by atoms with Crippen molar-refractivity contribution in [1.29, 1.82) is 0 Å². The smallest absolute Gasteiger partial charge is 0.182 e. The van der Waals surface area contributed by atoms with Crippen molar-refractivity contribution in [3.05, 3.63) is 54.1 Å². The van der Waals surface area contributed by atoms with Gasteiger partial charge in [-0.2, -0.15) is 0 Å². The predicted octanol–water partition coefficient (Wildman–Crippen LogP) is 2.51. The average Bonchev–Trinajstić information content (AvgIpc) is 3.20. The molecular weight excluding hydrogens is 320 g/mol. The van der Waals surface area contributed by atoms with Crippen molar-refractivity contribution in [2.75, 3.05) is 0 Å². The lowest BCUT2D eigenvalue weighted by atomic mass is 10.2. The lowest BCUT2D eigenvalue weighted by Gasteiger charge is -2.06. The molecule has 1 N–H and O–H groups in total. The molecule has 0 fully saturated rings. The minimum Gasteiger partial charge on any atom is -0.508 e. The zero-order valence-electron chi connectivity index (χ0n) is 12.0. The van der Waals surface area contributed by atoms with E-state index in [0.29, 0.717) is 22.6 Å². The monoisotopic (exact) mass is 329 g/mol. The van der Waals surface area contributed by atoms with Gasteiger partial charge >= 0.3 is 0 Å². The second-order valence-corrected chi connectivity index (χ2v) is 5.01. The Hall–Kier alpha value is -3.36. The zero-order valence-corrected chi connectivity index (χ0v) is 12.0. The summed E-state index contributed by atoms with van der Waals surface area (Å²) in [5.74, 6) is -1.76. The van der Waals surface area contributed by atoms with Crippen molar-refractivity contribution in [3.8, 4) is 17.2 Å². The van der Waals surface area contributed by atoms with E-state index >= 15 is 0 Å². The van der Waals surface area contributed by atoms with Crippen molar-refractivity contribution in [3.63, 3.8) is 0 Å². The third-order valence-electron chi connectivity index (χ3n) is 3.49. The molecule has 9 heteroatoms. The van der Waals surface area contributed by atoms with Gasteiger partial charge in [0, 0.05) is 17.7 Å². The molecule has 0 amide bonds. The summed E-state index contributed by atoms with van der Waals surface area (Å²) in [6.45, 7) is -0.233. The number of fused-ring (bicyclic) bond motifs is 1. The molecule has 24 heavy (non-hydrogen) atoms. The number of aromatic hydroxyl groups is 1. The first-order valence-corrected chi connectivity index (χ1v) is 6.88. The minimum atomic E-state index is -0.878. The van der Waals surface area contributed by atoms with Gasteiger partial charge in [0.2, 0.25) is 0 Å². The number of furan rings is 1. The van der Waals surface area contributed by atoms with Gasteiger partial charge in [0.05, 0.1) is 12.8 Å². The maximum atomic E-state index is 13.9. The first-order valence-electron chi connectivity index (χ1n) is 6.88. The molecule has 1 aromatic carbocycles. The molecule has 0 bridgehead atoms. The first-order chi connectivity index (χ1) is 11.6. The van der Waals surface area contributed by atoms with Gasteiger partial charge in [-0.3, -0.25) is 0 Å². The van der Waals surface area contributed by atoms with E-state index in [9.17, 15) is 13.9 Å². The Labute approximate surface area is 133 Å². The van der Waals surface area contributed by atoms with Gasteiger partial charge in [0.25, 0.3) is 0 Å². The second-order valence-electron chi connectivity index (χ2n) is 5.01. The van der Waals surface area contributed by atoms with Crippen molar-refractivity contribution in [1.82, 2.24) is 25.0 Å². The third-order valence-corrected chi connectivity index (χ3v) is 3.49. The molecule has 0 aliphatic carbocycles. The summed E-state index contributed by atoms with van der Waals surface area (Å²) in [6, 6.07) is 5.08. The van der Waals surface area contributed by atoms with Crippen LogP contribution in [-0.4, -0.2) is 30.1 Å². The van der Waals surface area contributed by atoms with Gasteiger partial charge in [-0.1, -0.05) is 5.21 Å². The lowest BCUT2D eigenvalue weighted by Crippen LogP contribution is -2.07. The van der Waals surface area contributed by atoms with Gasteiger partial charge in [-0.15, -0.1) is 5.10 Å². The molecule has 3 heterocycles. The summed E-state index contributed by atoms with van der Waals surface area (Å²) in [7, 11) is 0. The fourth-order valence-electron chi connectivity index (χ4n) is 2.38. The van der Waals surface area contributed by atoms with Crippen LogP contribution in [0.15, 0.2) is 41.3 Å². The third kappa shape index (κ3) is 2.26. The number of halogens is 2. The summed E-state index contributed by atoms with van der Waals surface area (Å²) in [4.78, 5) is 8.19. The predicted molar refractivity (Wildman–Crippen MR) is 77.9 cm³/mol. The van der Waals surface area contributed by atoms with E-state index in [1.165, 1.54) is 17.3 Å². The molecular formula is C15H9F2N5O2. The maximum absolute atomic E-state index is 13.9. The number of rotatable bonds is 3. The number of hydrogen-bond donors (Lipinski definition) is 1. The van der Waals surface area contributed by atoms with E-state index in [2.05, 4.69) is 20.3 Å². The van der Waals surface area contributed by atoms with E-state index in [1.807, 2.05) is 0 Å². The Bertz CT molecular complexity index is 1010. The SMILES string of the molecule is Oc1cc(F)c(Cn2nnc3c(-c4ccco4)ncnc32)c(F)c1. The molecule has 7 nitrogen and oxygen atoms in total. The van der Waals surface area contributed by atoms with Crippen LogP contribution in [0.5, 0.6) is 5.75 Å². The largest absolute Gasteiger partial charge is 0.508 e. The number of phenolic OH excluding ortho intramolecular Hbond substituents is 1. The molecule has 4 rings (SSSR count). The summed E-state index contributed by atoms with van der Waals surface area (Å²) >= 11 is 0. The number of phenols is 1. The van der Waals surface area contributed by atoms with Gasteiger partial charge in [0.1, 0.15) is 29.4 Å². The van der Waals surface area contributed by atoms with Crippen LogP contribution in [0.4, 0.5) is 8.78 Å². The molecule has 0 atom stereocenters. The van der Waals surface area contributed by atoms with Crippen LogP contribution in [0.25, 0.3) is 22.6 Å². The molecule has 0 aliphatic rings. The Morgan fingerprint density at radius 2 is 1.96 bits per heavy atom. The standard InChI is InChI=1S/C15H9F2N5O2/c16-10-4-8(23)5-11(17)9(10)6-22-15-14(20-21-22)13(18-7-19-15)12-2-1-3-24-12/h1-5,7,23H,6H2. The fraction of sp³-hybridized carbons (Fsp3) is 0.0667.